The Morgan fingerprint density at radius 1 is 0.725 bits per heavy atom. The van der Waals surface area contributed by atoms with Crippen LogP contribution < -0.4 is 16.3 Å². The molecule has 204 valence electrons. The minimum atomic E-state index is -0.340. The highest BCUT2D eigenvalue weighted by Crippen LogP contribution is 2.28. The van der Waals surface area contributed by atoms with Crippen molar-refractivity contribution in [1.82, 2.24) is 4.98 Å². The van der Waals surface area contributed by atoms with Crippen molar-refractivity contribution in [2.75, 3.05) is 24.7 Å². The molecule has 2 aromatic heterocycles. The lowest BCUT2D eigenvalue weighted by atomic mass is 10.0. The van der Waals surface area contributed by atoms with Gasteiger partial charge in [0, 0.05) is 43.3 Å². The van der Waals surface area contributed by atoms with Gasteiger partial charge in [-0.25, -0.2) is 4.79 Å². The van der Waals surface area contributed by atoms with E-state index in [9.17, 15) is 14.7 Å². The van der Waals surface area contributed by atoms with Crippen LogP contribution in [0.3, 0.4) is 0 Å². The van der Waals surface area contributed by atoms with E-state index in [1.54, 1.807) is 36.7 Å². The number of benzene rings is 4. The lowest BCUT2D eigenvalue weighted by Crippen LogP contribution is -2.02. The number of aromatic nitrogens is 1. The predicted octanol–water partition coefficient (Wildman–Crippen LogP) is 7.72. The van der Waals surface area contributed by atoms with Crippen LogP contribution in [0.25, 0.3) is 43.6 Å². The van der Waals surface area contributed by atoms with E-state index >= 15 is 0 Å². The molecular weight excluding hydrogens is 502 g/mol. The van der Waals surface area contributed by atoms with Crippen molar-refractivity contribution in [3.05, 3.63) is 107 Å². The molecular formula is C33H33N3O4. The standard InChI is InChI=1S/C19H14N2O2.C12H11NO2.2CH4/c1-20-16-3-2-13-8-15-10-17(12-4-6-21-7-5-12)19(22)23-18(15)11-14(13)9-16;1-13-11-3-2-8-4-10(7-14)12(15)6-9(8)5-11;;/h2-11,20H,1H3;2-7,13,15H,1H3;2*1H4. The first-order valence-corrected chi connectivity index (χ1v) is 12.0. The van der Waals surface area contributed by atoms with Gasteiger partial charge in [0.05, 0.1) is 11.1 Å². The Morgan fingerprint density at radius 3 is 1.93 bits per heavy atom. The highest BCUT2D eigenvalue weighted by atomic mass is 16.4. The van der Waals surface area contributed by atoms with Gasteiger partial charge in [0.1, 0.15) is 11.3 Å². The van der Waals surface area contributed by atoms with Crippen molar-refractivity contribution < 1.29 is 14.3 Å². The third kappa shape index (κ3) is 5.94. The molecule has 0 unspecified atom stereocenters. The Bertz CT molecular complexity index is 1850. The molecule has 0 saturated heterocycles. The molecule has 0 spiro atoms. The number of anilines is 2. The molecule has 0 aliphatic heterocycles. The Balaban J connectivity index is 0.000000228. The summed E-state index contributed by atoms with van der Waals surface area (Å²) in [6.07, 6.45) is 3.98. The average Bonchev–Trinajstić information content (AvgIpc) is 2.95. The molecule has 0 aliphatic carbocycles. The molecule has 0 radical (unpaired) electrons. The van der Waals surface area contributed by atoms with Gasteiger partial charge < -0.3 is 20.2 Å². The van der Waals surface area contributed by atoms with Crippen LogP contribution >= 0.6 is 0 Å². The predicted molar refractivity (Wildman–Crippen MR) is 167 cm³/mol. The number of fused-ring (bicyclic) bond motifs is 3. The van der Waals surface area contributed by atoms with Gasteiger partial charge in [-0.1, -0.05) is 27.0 Å². The number of phenols is 1. The first-order valence-electron chi connectivity index (χ1n) is 12.0. The third-order valence-corrected chi connectivity index (χ3v) is 6.37. The number of hydrogen-bond donors (Lipinski definition) is 3. The number of carbonyl (C=O) groups is 1. The molecule has 7 nitrogen and oxygen atoms in total. The zero-order valence-electron chi connectivity index (χ0n) is 20.9. The number of carbonyl (C=O) groups excluding carboxylic acids is 1. The normalized spacial score (nSPS) is 10.2. The second-order valence-corrected chi connectivity index (χ2v) is 8.73. The van der Waals surface area contributed by atoms with E-state index in [1.165, 1.54) is 0 Å². The largest absolute Gasteiger partial charge is 0.507 e. The lowest BCUT2D eigenvalue weighted by molar-refractivity contribution is 0.112. The summed E-state index contributed by atoms with van der Waals surface area (Å²) >= 11 is 0. The van der Waals surface area contributed by atoms with E-state index < -0.39 is 0 Å². The zero-order valence-corrected chi connectivity index (χ0v) is 20.9. The van der Waals surface area contributed by atoms with Crippen LogP contribution in [0.5, 0.6) is 5.75 Å². The number of aromatic hydroxyl groups is 1. The molecule has 6 aromatic rings. The van der Waals surface area contributed by atoms with E-state index in [1.807, 2.05) is 62.6 Å². The Kier molecular flexibility index (Phi) is 9.24. The van der Waals surface area contributed by atoms with E-state index in [0.717, 1.165) is 43.9 Å². The minimum absolute atomic E-state index is 0. The maximum absolute atomic E-state index is 12.3. The smallest absolute Gasteiger partial charge is 0.344 e. The molecule has 0 bridgehead atoms. The maximum atomic E-state index is 12.3. The molecule has 3 N–H and O–H groups in total. The van der Waals surface area contributed by atoms with Crippen LogP contribution in [0, 0.1) is 0 Å². The van der Waals surface area contributed by atoms with Gasteiger partial charge in [-0.05, 0) is 93.8 Å². The zero-order chi connectivity index (χ0) is 26.6. The fourth-order valence-corrected chi connectivity index (χ4v) is 4.31. The number of nitrogens with one attached hydrogen (secondary N) is 2. The average molecular weight is 536 g/mol. The summed E-state index contributed by atoms with van der Waals surface area (Å²) in [7, 11) is 3.71. The molecule has 0 amide bonds. The number of nitrogens with zero attached hydrogens (tertiary/aromatic N) is 1. The van der Waals surface area contributed by atoms with E-state index in [0.29, 0.717) is 23.0 Å². The molecule has 4 aromatic carbocycles. The summed E-state index contributed by atoms with van der Waals surface area (Å²) < 4.78 is 5.53. The molecule has 0 fully saturated rings. The minimum Gasteiger partial charge on any atom is -0.507 e. The second kappa shape index (κ2) is 12.6. The summed E-state index contributed by atoms with van der Waals surface area (Å²) in [6.45, 7) is 0. The van der Waals surface area contributed by atoms with Crippen molar-refractivity contribution in [2.24, 2.45) is 0 Å². The first kappa shape index (κ1) is 29.4. The molecule has 6 rings (SSSR count). The fourth-order valence-electron chi connectivity index (χ4n) is 4.31. The van der Waals surface area contributed by atoms with Crippen molar-refractivity contribution in [1.29, 1.82) is 0 Å². The number of rotatable bonds is 4. The van der Waals surface area contributed by atoms with Crippen molar-refractivity contribution >= 4 is 50.2 Å². The summed E-state index contributed by atoms with van der Waals surface area (Å²) in [5.41, 5.74) is 3.92. The van der Waals surface area contributed by atoms with Gasteiger partial charge in [-0.2, -0.15) is 0 Å². The van der Waals surface area contributed by atoms with Crippen LogP contribution in [-0.4, -0.2) is 30.5 Å². The molecule has 0 aliphatic rings. The second-order valence-electron chi connectivity index (χ2n) is 8.73. The van der Waals surface area contributed by atoms with Crippen molar-refractivity contribution in [2.45, 2.75) is 14.9 Å². The summed E-state index contributed by atoms with van der Waals surface area (Å²) in [6, 6.07) is 24.6. The van der Waals surface area contributed by atoms with Crippen molar-refractivity contribution in [3.63, 3.8) is 0 Å². The molecule has 40 heavy (non-hydrogen) atoms. The van der Waals surface area contributed by atoms with E-state index in [4.69, 9.17) is 4.42 Å². The van der Waals surface area contributed by atoms with Crippen LogP contribution in [0.15, 0.2) is 100 Å². The van der Waals surface area contributed by atoms with Crippen LogP contribution in [0.2, 0.25) is 0 Å². The van der Waals surface area contributed by atoms with Gasteiger partial charge in [0.25, 0.3) is 0 Å². The number of aldehydes is 1. The van der Waals surface area contributed by atoms with Crippen LogP contribution in [-0.2, 0) is 0 Å². The van der Waals surface area contributed by atoms with Crippen molar-refractivity contribution in [3.8, 4) is 16.9 Å². The van der Waals surface area contributed by atoms with Gasteiger partial charge in [0.2, 0.25) is 0 Å². The highest BCUT2D eigenvalue weighted by molar-refractivity contribution is 5.98. The quantitative estimate of drug-likeness (QED) is 0.121. The Morgan fingerprint density at radius 2 is 1.32 bits per heavy atom. The monoisotopic (exact) mass is 535 g/mol. The van der Waals surface area contributed by atoms with E-state index in [-0.39, 0.29) is 26.2 Å². The lowest BCUT2D eigenvalue weighted by Gasteiger charge is -2.06. The Labute approximate surface area is 233 Å². The topological polar surface area (TPSA) is 104 Å². The highest BCUT2D eigenvalue weighted by Gasteiger charge is 2.09. The third-order valence-electron chi connectivity index (χ3n) is 6.37. The van der Waals surface area contributed by atoms with Gasteiger partial charge in [-0.3, -0.25) is 9.78 Å². The number of pyridine rings is 1. The van der Waals surface area contributed by atoms with Gasteiger partial charge in [-0.15, -0.1) is 0 Å². The first-order chi connectivity index (χ1) is 18.5. The maximum Gasteiger partial charge on any atom is 0.344 e. The summed E-state index contributed by atoms with van der Waals surface area (Å²) in [5, 5.41) is 20.5. The van der Waals surface area contributed by atoms with E-state index in [2.05, 4.69) is 21.7 Å². The molecule has 0 atom stereocenters. The number of hydrogen-bond acceptors (Lipinski definition) is 7. The summed E-state index contributed by atoms with van der Waals surface area (Å²) in [5.74, 6) is 0.0192. The number of phenolic OH excluding ortho intramolecular Hbond substituents is 1. The molecule has 0 saturated carbocycles. The Hall–Kier alpha value is -5.17. The summed E-state index contributed by atoms with van der Waals surface area (Å²) in [4.78, 5) is 26.9. The molecule has 2 heterocycles. The molecule has 7 heteroatoms. The van der Waals surface area contributed by atoms with Crippen LogP contribution in [0.1, 0.15) is 25.2 Å². The van der Waals surface area contributed by atoms with Crippen LogP contribution in [0.4, 0.5) is 11.4 Å². The van der Waals surface area contributed by atoms with Gasteiger partial charge >= 0.3 is 5.63 Å². The SMILES string of the molecule is C.C.CNc1ccc2cc(C=O)c(O)cc2c1.CNc1ccc2cc3cc(-c4ccncc4)c(=O)oc3cc2c1. The fraction of sp³-hybridized carbons (Fsp3) is 0.121. The van der Waals surface area contributed by atoms with Gasteiger partial charge in [0.15, 0.2) is 6.29 Å².